The second-order valence-corrected chi connectivity index (χ2v) is 34.6. The molecule has 0 bridgehead atoms. The van der Waals surface area contributed by atoms with Gasteiger partial charge >= 0.3 is 0 Å². The van der Waals surface area contributed by atoms with E-state index in [1.807, 2.05) is 11.3 Å². The topological polar surface area (TPSA) is 28.5 Å². The summed E-state index contributed by atoms with van der Waals surface area (Å²) < 4.78 is 16.9. The van der Waals surface area contributed by atoms with E-state index in [-0.39, 0.29) is 0 Å². The highest BCUT2D eigenvalue weighted by molar-refractivity contribution is 7.26. The van der Waals surface area contributed by atoms with E-state index in [4.69, 9.17) is 0 Å². The van der Waals surface area contributed by atoms with Crippen LogP contribution in [-0.2, 0) is 21.1 Å². The Labute approximate surface area is 716 Å². The summed E-state index contributed by atoms with van der Waals surface area (Å²) in [5.74, 6) is 0. The summed E-state index contributed by atoms with van der Waals surface area (Å²) >= 11 is 1.91. The number of aryl methyl sites for hydroxylation is 3. The van der Waals surface area contributed by atoms with E-state index in [2.05, 4.69) is 455 Å². The number of aromatic nitrogens is 6. The van der Waals surface area contributed by atoms with E-state index in [9.17, 15) is 0 Å². The molecular weight excluding hydrogens is 1520 g/mol. The Hall–Kier alpha value is -15.8. The van der Waals surface area contributed by atoms with Crippen molar-refractivity contribution < 1.29 is 0 Å². The molecule has 580 valence electrons. The molecule has 124 heavy (non-hydrogen) atoms. The van der Waals surface area contributed by atoms with Crippen molar-refractivity contribution in [2.75, 3.05) is 0 Å². The van der Waals surface area contributed by atoms with Crippen LogP contribution in [0.15, 0.2) is 406 Å². The molecule has 6 nitrogen and oxygen atoms in total. The highest BCUT2D eigenvalue weighted by Crippen LogP contribution is 2.49. The molecule has 0 saturated heterocycles. The van der Waals surface area contributed by atoms with Crippen molar-refractivity contribution in [3.05, 3.63) is 406 Å². The lowest BCUT2D eigenvalue weighted by atomic mass is 9.97. The van der Waals surface area contributed by atoms with Crippen LogP contribution >= 0.6 is 11.3 Å². The molecule has 7 heteroatoms. The molecule has 0 aliphatic carbocycles. The summed E-state index contributed by atoms with van der Waals surface area (Å²) in [5, 5.41) is 23.5. The van der Waals surface area contributed by atoms with Crippen molar-refractivity contribution >= 4 is 195 Å². The summed E-state index contributed by atoms with van der Waals surface area (Å²) in [6.07, 6.45) is 0. The molecule has 0 aliphatic heterocycles. The number of nitrogens with zero attached hydrogens (tertiary/aromatic N) is 6. The third-order valence-corrected chi connectivity index (χ3v) is 28.3. The quantitative estimate of drug-likeness (QED) is 0.152. The fraction of sp³-hybridized carbons (Fsp3) is 0.0256. The number of fused-ring (bicyclic) bond motifs is 27. The average Bonchev–Trinajstić information content (AvgIpc) is 1.53. The van der Waals surface area contributed by atoms with Crippen molar-refractivity contribution in [2.45, 2.75) is 0 Å². The molecule has 0 saturated carbocycles. The fourth-order valence-electron chi connectivity index (χ4n) is 21.2. The molecule has 0 fully saturated rings. The average molecular weight is 1600 g/mol. The van der Waals surface area contributed by atoms with Crippen LogP contribution < -0.4 is 0 Å². The SMILES string of the molecule is Cn1c2ccc(-c3ccccc3)cc2c2cc(-c3ccc4c(c3)c3ccccc3n4-c3cccc4c3sc3c(-c5ccccc5)cccc34)ccc21.Cn1c2ccccc2c2cc(-c3ccc4c(c3)c3cc(-c5ccccc5)cc5c6ccccc6n4c53)ccc21.Cn1c2ccccc2c2cc(-c3ccc4c(c3)c3cccc5c6ccccc6n4c53)ccc21. The predicted molar refractivity (Wildman–Crippen MR) is 530 cm³/mol. The number of thiophene rings is 1. The van der Waals surface area contributed by atoms with Crippen LogP contribution in [0.2, 0.25) is 0 Å². The van der Waals surface area contributed by atoms with Gasteiger partial charge in [0.1, 0.15) is 0 Å². The Morgan fingerprint density at radius 1 is 0.161 bits per heavy atom. The molecule has 19 aromatic carbocycles. The predicted octanol–water partition coefficient (Wildman–Crippen LogP) is 31.8. The molecule has 0 spiro atoms. The number of hydrogen-bond acceptors (Lipinski definition) is 1. The lowest BCUT2D eigenvalue weighted by Gasteiger charge is -2.10. The fourth-order valence-corrected chi connectivity index (χ4v) is 22.6. The molecule has 9 aromatic heterocycles. The Kier molecular flexibility index (Phi) is 15.3. The molecule has 28 rings (SSSR count). The Bertz CT molecular complexity index is 9280. The Balaban J connectivity index is 0.000000102. The normalized spacial score (nSPS) is 12.2. The van der Waals surface area contributed by atoms with Crippen LogP contribution in [0.5, 0.6) is 0 Å². The summed E-state index contributed by atoms with van der Waals surface area (Å²) in [5.41, 5.74) is 34.0. The van der Waals surface area contributed by atoms with Gasteiger partial charge in [-0.05, 0) is 200 Å². The molecule has 0 atom stereocenters. The van der Waals surface area contributed by atoms with Gasteiger partial charge in [-0.2, -0.15) is 0 Å². The first-order valence-corrected chi connectivity index (χ1v) is 43.6. The van der Waals surface area contributed by atoms with Gasteiger partial charge in [-0.15, -0.1) is 11.3 Å². The molecule has 0 aliphatic rings. The minimum atomic E-state index is 1.22. The van der Waals surface area contributed by atoms with Gasteiger partial charge in [-0.25, -0.2) is 0 Å². The number of para-hydroxylation sites is 6. The molecule has 0 unspecified atom stereocenters. The van der Waals surface area contributed by atoms with Crippen LogP contribution in [0.25, 0.3) is 256 Å². The maximum Gasteiger partial charge on any atom is 0.0640 e. The molecule has 0 radical (unpaired) electrons. The first-order chi connectivity index (χ1) is 61.3. The van der Waals surface area contributed by atoms with Crippen LogP contribution in [0.1, 0.15) is 0 Å². The van der Waals surface area contributed by atoms with E-state index in [1.54, 1.807) is 0 Å². The van der Waals surface area contributed by atoms with Gasteiger partial charge < -0.3 is 27.1 Å². The van der Waals surface area contributed by atoms with Crippen molar-refractivity contribution in [1.29, 1.82) is 0 Å². The van der Waals surface area contributed by atoms with Crippen molar-refractivity contribution in [1.82, 2.24) is 27.1 Å². The van der Waals surface area contributed by atoms with E-state index in [0.29, 0.717) is 0 Å². The minimum absolute atomic E-state index is 1.22. The molecule has 0 N–H and O–H groups in total. The lowest BCUT2D eigenvalue weighted by molar-refractivity contribution is 1.01. The first-order valence-electron chi connectivity index (χ1n) is 42.8. The highest BCUT2D eigenvalue weighted by atomic mass is 32.1. The van der Waals surface area contributed by atoms with Gasteiger partial charge in [0.05, 0.1) is 54.5 Å². The molecular formula is C117H76N6S. The van der Waals surface area contributed by atoms with Gasteiger partial charge in [-0.3, -0.25) is 0 Å². The third kappa shape index (κ3) is 10.4. The van der Waals surface area contributed by atoms with E-state index >= 15 is 0 Å². The summed E-state index contributed by atoms with van der Waals surface area (Å²) in [7, 11) is 6.48. The second kappa shape index (κ2) is 27.1. The third-order valence-electron chi connectivity index (χ3n) is 27.1. The van der Waals surface area contributed by atoms with Crippen LogP contribution in [0.4, 0.5) is 0 Å². The lowest BCUT2D eigenvalue weighted by Crippen LogP contribution is -1.93. The first kappa shape index (κ1) is 70.1. The second-order valence-electron chi connectivity index (χ2n) is 33.6. The van der Waals surface area contributed by atoms with Crippen molar-refractivity contribution in [2.24, 2.45) is 21.1 Å². The van der Waals surface area contributed by atoms with Crippen LogP contribution in [0.3, 0.4) is 0 Å². The monoisotopic (exact) mass is 1600 g/mol. The largest absolute Gasteiger partial charge is 0.344 e. The summed E-state index contributed by atoms with van der Waals surface area (Å²) in [6.45, 7) is 0. The molecule has 0 amide bonds. The van der Waals surface area contributed by atoms with Gasteiger partial charge in [-0.1, -0.05) is 273 Å². The van der Waals surface area contributed by atoms with Crippen LogP contribution in [-0.4, -0.2) is 27.1 Å². The molecule has 9 heterocycles. The minimum Gasteiger partial charge on any atom is -0.344 e. The summed E-state index contributed by atoms with van der Waals surface area (Å²) in [4.78, 5) is 0. The zero-order chi connectivity index (χ0) is 81.7. The Morgan fingerprint density at radius 3 is 0.903 bits per heavy atom. The zero-order valence-electron chi connectivity index (χ0n) is 68.3. The number of rotatable bonds is 7. The maximum atomic E-state index is 2.48. The molecule has 28 aromatic rings. The van der Waals surface area contributed by atoms with Crippen molar-refractivity contribution in [3.63, 3.8) is 0 Å². The zero-order valence-corrected chi connectivity index (χ0v) is 69.1. The number of benzene rings is 19. The highest BCUT2D eigenvalue weighted by Gasteiger charge is 2.25. The maximum absolute atomic E-state index is 2.48. The standard InChI is InChI=1S/C49H32N2S.C37H24N2.C31H20N2/c1-50-43-25-22-33(31-12-4-2-5-13-31)28-41(43)42-30-34(23-26-44(42)50)35-24-27-46-40(29-35)37-16-8-9-20-45(37)51(46)47-21-11-19-39-38-18-10-17-36(48(38)52-49(39)47)32-14-6-3-7-15-32;1-38-33-13-7-5-11-27(33)29-19-24(15-17-34(29)38)25-16-18-36-30(20-25)32-22-26(23-9-3-2-4-10-23)21-31-28-12-6-8-14-35(28)39(36)37(31)32;1-32-27-11-4-2-8-22(27)25-17-19(13-15-28(25)32)20-14-16-30-26(18-20)24-10-6-9-23-21-7-3-5-12-29(21)33(30)31(23)24/h2-30H,1H3;2-22H,1H3;2-18H,1H3. The Morgan fingerprint density at radius 2 is 0.419 bits per heavy atom. The summed E-state index contributed by atoms with van der Waals surface area (Å²) in [6, 6.07) is 149. The number of hydrogen-bond donors (Lipinski definition) is 0. The van der Waals surface area contributed by atoms with Gasteiger partial charge in [0, 0.05) is 156 Å². The van der Waals surface area contributed by atoms with Crippen LogP contribution in [0, 0.1) is 0 Å². The van der Waals surface area contributed by atoms with E-state index in [1.165, 1.54) is 256 Å². The van der Waals surface area contributed by atoms with E-state index in [0.717, 1.165) is 0 Å². The smallest absolute Gasteiger partial charge is 0.0640 e. The van der Waals surface area contributed by atoms with E-state index < -0.39 is 0 Å². The van der Waals surface area contributed by atoms with Gasteiger partial charge in [0.25, 0.3) is 0 Å². The van der Waals surface area contributed by atoms with Gasteiger partial charge in [0.15, 0.2) is 0 Å². The van der Waals surface area contributed by atoms with Gasteiger partial charge in [0.2, 0.25) is 0 Å². The van der Waals surface area contributed by atoms with Crippen molar-refractivity contribution in [3.8, 4) is 72.4 Å².